The number of rotatable bonds is 12. The van der Waals surface area contributed by atoms with Crippen LogP contribution in [0.15, 0.2) is 46.8 Å². The molecule has 7 fully saturated rings. The fourth-order valence-electron chi connectivity index (χ4n) is 18.6. The Morgan fingerprint density at radius 3 is 2.45 bits per heavy atom. The van der Waals surface area contributed by atoms with E-state index in [4.69, 9.17) is 10.5 Å². The van der Waals surface area contributed by atoms with E-state index in [2.05, 4.69) is 35.8 Å². The molecule has 10 aliphatic rings. The number of ether oxygens (including phenoxy) is 1. The topological polar surface area (TPSA) is 218 Å². The quantitative estimate of drug-likeness (QED) is 0.0969. The summed E-state index contributed by atoms with van der Waals surface area (Å²) in [6.45, 7) is 5.99. The third-order valence-corrected chi connectivity index (χ3v) is 21.4. The second kappa shape index (κ2) is 19.3. The van der Waals surface area contributed by atoms with Gasteiger partial charge in [0.15, 0.2) is 5.78 Å². The summed E-state index contributed by atoms with van der Waals surface area (Å²) in [6, 6.07) is 0. The molecule has 12 heteroatoms. The highest BCUT2D eigenvalue weighted by molar-refractivity contribution is 6.00. The van der Waals surface area contributed by atoms with Crippen LogP contribution in [0, 0.1) is 64.1 Å². The maximum atomic E-state index is 15.9. The van der Waals surface area contributed by atoms with Crippen molar-refractivity contribution in [2.75, 3.05) is 13.2 Å². The van der Waals surface area contributed by atoms with Crippen LogP contribution in [0.5, 0.6) is 0 Å². The highest BCUT2D eigenvalue weighted by Crippen LogP contribution is 2.76. The molecule has 12 nitrogen and oxygen atoms in total. The molecule has 0 radical (unpaired) electrons. The van der Waals surface area contributed by atoms with Crippen molar-refractivity contribution >= 4 is 5.78 Å². The smallest absolute Gasteiger partial charge is 0.182 e. The van der Waals surface area contributed by atoms with E-state index in [0.29, 0.717) is 68.1 Å². The van der Waals surface area contributed by atoms with Gasteiger partial charge in [0.1, 0.15) is 5.60 Å². The molecule has 1 saturated heterocycles. The lowest BCUT2D eigenvalue weighted by Crippen LogP contribution is -2.72. The predicted octanol–water partition coefficient (Wildman–Crippen LogP) is 6.35. The molecule has 386 valence electrons. The number of carbonyl (C=O) groups excluding carboxylic acids is 1. The van der Waals surface area contributed by atoms with Crippen molar-refractivity contribution in [1.82, 2.24) is 10.6 Å². The maximum absolute atomic E-state index is 15.9. The lowest BCUT2D eigenvalue weighted by molar-refractivity contribution is -0.265. The summed E-state index contributed by atoms with van der Waals surface area (Å²) in [4.78, 5) is 15.9. The fraction of sp³-hybridized carbons (Fsp3) is 0.842. The van der Waals surface area contributed by atoms with Gasteiger partial charge in [-0.25, -0.2) is 0 Å². The third kappa shape index (κ3) is 8.04. The number of aliphatic hydroxyl groups is 7. The zero-order valence-electron chi connectivity index (χ0n) is 42.2. The number of ketones is 1. The van der Waals surface area contributed by atoms with Gasteiger partial charge in [0.2, 0.25) is 0 Å². The van der Waals surface area contributed by atoms with Crippen molar-refractivity contribution in [3.8, 4) is 0 Å². The molecule has 11 N–H and O–H groups in total. The number of aliphatic hydroxyl groups excluding tert-OH is 4. The Morgan fingerprint density at radius 2 is 1.70 bits per heavy atom. The van der Waals surface area contributed by atoms with Crippen molar-refractivity contribution < 1.29 is 45.3 Å². The summed E-state index contributed by atoms with van der Waals surface area (Å²) >= 11 is 0. The van der Waals surface area contributed by atoms with Gasteiger partial charge in [-0.1, -0.05) is 76.5 Å². The van der Waals surface area contributed by atoms with Crippen molar-refractivity contribution in [1.29, 1.82) is 0 Å². The summed E-state index contributed by atoms with van der Waals surface area (Å²) in [5, 5.41) is 93.8. The molecule has 0 amide bonds. The molecule has 8 aliphatic carbocycles. The number of allylic oxidation sites excluding steroid dienone is 6. The second-order valence-electron chi connectivity index (χ2n) is 25.0. The Labute approximate surface area is 412 Å². The number of fused-ring (bicyclic) bond motifs is 5. The molecule has 69 heavy (non-hydrogen) atoms. The van der Waals surface area contributed by atoms with Crippen molar-refractivity contribution in [2.45, 2.75) is 222 Å². The van der Waals surface area contributed by atoms with Gasteiger partial charge in [-0.2, -0.15) is 0 Å². The van der Waals surface area contributed by atoms with Crippen LogP contribution in [0.4, 0.5) is 0 Å². The summed E-state index contributed by atoms with van der Waals surface area (Å²) in [5.74, 6) is -1.03. The Morgan fingerprint density at radius 1 is 0.928 bits per heavy atom. The van der Waals surface area contributed by atoms with Gasteiger partial charge in [0, 0.05) is 36.1 Å². The first-order valence-corrected chi connectivity index (χ1v) is 28.2. The predicted molar refractivity (Wildman–Crippen MR) is 265 cm³/mol. The van der Waals surface area contributed by atoms with E-state index < -0.39 is 69.8 Å². The van der Waals surface area contributed by atoms with Gasteiger partial charge < -0.3 is 56.8 Å². The first kappa shape index (κ1) is 50.4. The van der Waals surface area contributed by atoms with Gasteiger partial charge in [-0.3, -0.25) is 4.79 Å². The van der Waals surface area contributed by atoms with Crippen LogP contribution >= 0.6 is 0 Å². The third-order valence-electron chi connectivity index (χ3n) is 21.4. The number of carbonyl (C=O) groups is 1. The standard InChI is InChI=1S/C57H89N3O9/c1-4-11-34-16-20-39-40-14-8-9-25-57(68,52(40)69-45(39)22-17-34)53(3,66)46-24-26-56(67)49-48-36(30-55(46,56)37-12-6-5-7-13-37)19-18-35(38-21-23-47(58)60-42(38)15-10-27-61)29-54(48)31-44(64)43(63)28-41(54)51(65)50(49)59-32-33(2)62/h18-19,21,23,33-37,39-41,43-48,52,59-64,66-68H,4-17,20,22,24-32,58H2,1-3H3. The molecular formula is C57H89N3O9. The minimum absolute atomic E-state index is 0.00675. The molecule has 2 heterocycles. The lowest BCUT2D eigenvalue weighted by Gasteiger charge is -2.67. The van der Waals surface area contributed by atoms with Crippen LogP contribution in [-0.4, -0.2) is 108 Å². The number of Topliss-reactive ketones (excluding diaryl/α,β-unsaturated/α-hetero) is 1. The molecule has 19 unspecified atom stereocenters. The molecule has 19 atom stereocenters. The van der Waals surface area contributed by atoms with Gasteiger partial charge in [0.25, 0.3) is 0 Å². The Hall–Kier alpha value is -2.13. The Bertz CT molecular complexity index is 2030. The molecule has 0 aromatic carbocycles. The molecule has 6 saturated carbocycles. The normalized spacial score (nSPS) is 46.8. The van der Waals surface area contributed by atoms with Gasteiger partial charge >= 0.3 is 0 Å². The van der Waals surface area contributed by atoms with E-state index in [1.165, 1.54) is 19.3 Å². The first-order valence-electron chi connectivity index (χ1n) is 28.2. The minimum atomic E-state index is -1.66. The van der Waals surface area contributed by atoms with Crippen LogP contribution in [-0.2, 0) is 9.53 Å². The van der Waals surface area contributed by atoms with E-state index in [-0.39, 0.29) is 67.7 Å². The van der Waals surface area contributed by atoms with Gasteiger partial charge in [0.05, 0.1) is 53.6 Å². The van der Waals surface area contributed by atoms with Crippen molar-refractivity contribution in [3.63, 3.8) is 0 Å². The van der Waals surface area contributed by atoms with E-state index in [9.17, 15) is 35.7 Å². The Kier molecular flexibility index (Phi) is 14.1. The van der Waals surface area contributed by atoms with Crippen molar-refractivity contribution in [2.24, 2.45) is 69.8 Å². The van der Waals surface area contributed by atoms with E-state index >= 15 is 4.79 Å². The molecule has 2 aliphatic heterocycles. The number of dihydropyridines is 1. The lowest BCUT2D eigenvalue weighted by atomic mass is 9.38. The molecular weight excluding hydrogens is 871 g/mol. The second-order valence-corrected chi connectivity index (χ2v) is 25.0. The van der Waals surface area contributed by atoms with E-state index in [1.807, 2.05) is 13.0 Å². The molecule has 0 aromatic rings. The number of nitrogens with two attached hydrogens (primary N) is 1. The van der Waals surface area contributed by atoms with Crippen LogP contribution in [0.25, 0.3) is 0 Å². The molecule has 10 rings (SSSR count). The fourth-order valence-corrected chi connectivity index (χ4v) is 18.6. The van der Waals surface area contributed by atoms with E-state index in [0.717, 1.165) is 81.9 Å². The highest BCUT2D eigenvalue weighted by atomic mass is 16.5. The summed E-state index contributed by atoms with van der Waals surface area (Å²) < 4.78 is 7.24. The first-order chi connectivity index (χ1) is 33.0. The van der Waals surface area contributed by atoms with Crippen LogP contribution in [0.1, 0.15) is 168 Å². The molecule has 0 bridgehead atoms. The summed E-state index contributed by atoms with van der Waals surface area (Å²) in [7, 11) is 0. The van der Waals surface area contributed by atoms with Crippen LogP contribution < -0.4 is 16.4 Å². The Balaban J connectivity index is 1.15. The van der Waals surface area contributed by atoms with Crippen LogP contribution in [0.2, 0.25) is 0 Å². The zero-order chi connectivity index (χ0) is 48.7. The summed E-state index contributed by atoms with van der Waals surface area (Å²) in [5.41, 5.74) is 2.81. The van der Waals surface area contributed by atoms with Crippen LogP contribution in [0.3, 0.4) is 0 Å². The monoisotopic (exact) mass is 960 g/mol. The van der Waals surface area contributed by atoms with E-state index in [1.54, 1.807) is 6.92 Å². The van der Waals surface area contributed by atoms with Gasteiger partial charge in [-0.15, -0.1) is 0 Å². The zero-order valence-corrected chi connectivity index (χ0v) is 42.2. The molecule has 0 aromatic heterocycles. The average Bonchev–Trinajstić information content (AvgIpc) is 3.61. The maximum Gasteiger partial charge on any atom is 0.182 e. The minimum Gasteiger partial charge on any atom is -0.396 e. The number of hydrogen-bond donors (Lipinski definition) is 10. The number of nitrogens with one attached hydrogen (secondary N) is 2. The number of hydrogen-bond acceptors (Lipinski definition) is 12. The summed E-state index contributed by atoms with van der Waals surface area (Å²) in [6.07, 6.45) is 22.9. The SMILES string of the molecule is CCCC1CCC2OC3C(CCCCC3(O)C(C)(O)C3CCC4(O)C5=C(NCC(C)O)C(=O)C6CC(O)C(O)CC67CC(C6=C(CCCO)NC(N)C=C6)C=CC(CC34C3CCCCC3)C57)C2CC1. The largest absolute Gasteiger partial charge is 0.396 e. The highest BCUT2D eigenvalue weighted by Gasteiger charge is 2.78. The van der Waals surface area contributed by atoms with Crippen molar-refractivity contribution in [3.05, 3.63) is 46.8 Å². The average molecular weight is 960 g/mol. The van der Waals surface area contributed by atoms with Gasteiger partial charge in [-0.05, 0) is 174 Å². The molecule has 1 spiro atoms.